The van der Waals surface area contributed by atoms with Crippen molar-refractivity contribution in [2.45, 2.75) is 6.43 Å². The summed E-state index contributed by atoms with van der Waals surface area (Å²) in [5.74, 6) is -1.41. The van der Waals surface area contributed by atoms with Crippen molar-refractivity contribution in [3.63, 3.8) is 0 Å². The number of hydrogen-bond donors (Lipinski definition) is 0. The fourth-order valence-electron chi connectivity index (χ4n) is 0.767. The quantitative estimate of drug-likeness (QED) is 0.554. The molecular formula is C7H3ClF3NO. The molecule has 1 aromatic rings. The van der Waals surface area contributed by atoms with Crippen LogP contribution in [-0.2, 0) is 0 Å². The zero-order valence-corrected chi connectivity index (χ0v) is 6.86. The second-order valence-electron chi connectivity index (χ2n) is 2.15. The number of rotatable bonds is 2. The molecule has 0 bridgehead atoms. The van der Waals surface area contributed by atoms with Crippen LogP contribution in [0.1, 0.15) is 22.5 Å². The Kier molecular flexibility index (Phi) is 2.87. The zero-order chi connectivity index (χ0) is 10.0. The van der Waals surface area contributed by atoms with Gasteiger partial charge >= 0.3 is 0 Å². The molecule has 0 spiro atoms. The molecule has 0 aromatic carbocycles. The highest BCUT2D eigenvalue weighted by Crippen LogP contribution is 2.28. The van der Waals surface area contributed by atoms with Gasteiger partial charge in [0.2, 0.25) is 5.95 Å². The molecule has 0 amide bonds. The molecule has 0 unspecified atom stereocenters. The van der Waals surface area contributed by atoms with E-state index in [-0.39, 0.29) is 12.0 Å². The van der Waals surface area contributed by atoms with Crippen LogP contribution in [0.3, 0.4) is 0 Å². The molecule has 1 heterocycles. The van der Waals surface area contributed by atoms with Gasteiger partial charge in [-0.2, -0.15) is 4.39 Å². The summed E-state index contributed by atoms with van der Waals surface area (Å²) in [6.07, 6.45) is -2.81. The van der Waals surface area contributed by atoms with Crippen LogP contribution in [-0.4, -0.2) is 11.3 Å². The first-order valence-corrected chi connectivity index (χ1v) is 3.53. The second kappa shape index (κ2) is 3.74. The molecule has 0 aliphatic rings. The van der Waals surface area contributed by atoms with Gasteiger partial charge in [-0.05, 0) is 6.07 Å². The molecule has 70 valence electrons. The normalized spacial score (nSPS) is 10.5. The third kappa shape index (κ3) is 1.98. The van der Waals surface area contributed by atoms with E-state index in [1.165, 1.54) is 0 Å². The summed E-state index contributed by atoms with van der Waals surface area (Å²) in [5.41, 5.74) is -1.29. The monoisotopic (exact) mass is 209 g/mol. The third-order valence-corrected chi connectivity index (χ3v) is 1.63. The smallest absolute Gasteiger partial charge is 0.269 e. The molecule has 0 N–H and O–H groups in total. The van der Waals surface area contributed by atoms with Gasteiger partial charge in [0.05, 0.1) is 10.6 Å². The van der Waals surface area contributed by atoms with E-state index in [0.29, 0.717) is 0 Å². The first-order chi connectivity index (χ1) is 6.06. The molecule has 0 aliphatic heterocycles. The van der Waals surface area contributed by atoms with Gasteiger partial charge in [0.15, 0.2) is 6.29 Å². The van der Waals surface area contributed by atoms with Crippen molar-refractivity contribution in [3.05, 3.63) is 28.3 Å². The van der Waals surface area contributed by atoms with Crippen molar-refractivity contribution in [2.24, 2.45) is 0 Å². The molecule has 1 aromatic heterocycles. The molecule has 2 nitrogen and oxygen atoms in total. The summed E-state index contributed by atoms with van der Waals surface area (Å²) in [5, 5.41) is -0.496. The summed E-state index contributed by atoms with van der Waals surface area (Å²) in [4.78, 5) is 13.1. The molecule has 0 saturated heterocycles. The Morgan fingerprint density at radius 3 is 2.54 bits per heavy atom. The van der Waals surface area contributed by atoms with Gasteiger partial charge in [0.25, 0.3) is 6.43 Å². The van der Waals surface area contributed by atoms with Crippen molar-refractivity contribution in [1.29, 1.82) is 0 Å². The summed E-state index contributed by atoms with van der Waals surface area (Å²) in [7, 11) is 0. The number of alkyl halides is 2. The van der Waals surface area contributed by atoms with Gasteiger partial charge < -0.3 is 0 Å². The standard InChI is InChI=1S/C7H3ClF3NO/c8-4-1-3(2-13)12-7(11)5(4)6(9)10/h1-2,6H. The number of hydrogen-bond acceptors (Lipinski definition) is 2. The van der Waals surface area contributed by atoms with Gasteiger partial charge in [-0.15, -0.1) is 0 Å². The average Bonchev–Trinajstić information content (AvgIpc) is 2.02. The molecule has 0 atom stereocenters. The lowest BCUT2D eigenvalue weighted by Crippen LogP contribution is -1.99. The minimum absolute atomic E-state index is 0.226. The van der Waals surface area contributed by atoms with Gasteiger partial charge in [0, 0.05) is 0 Å². The first kappa shape index (κ1) is 9.98. The van der Waals surface area contributed by atoms with Crippen molar-refractivity contribution >= 4 is 17.9 Å². The van der Waals surface area contributed by atoms with Crippen LogP contribution in [0, 0.1) is 5.95 Å². The van der Waals surface area contributed by atoms with Gasteiger partial charge in [-0.1, -0.05) is 11.6 Å². The Morgan fingerprint density at radius 1 is 1.54 bits per heavy atom. The summed E-state index contributed by atoms with van der Waals surface area (Å²) in [6, 6.07) is 0.888. The predicted molar refractivity (Wildman–Crippen MR) is 39.5 cm³/mol. The van der Waals surface area contributed by atoms with Gasteiger partial charge in [-0.3, -0.25) is 4.79 Å². The Hall–Kier alpha value is -1.10. The Bertz CT molecular complexity index is 320. The molecule has 0 saturated carbocycles. The molecule has 13 heavy (non-hydrogen) atoms. The van der Waals surface area contributed by atoms with Crippen LogP contribution in [0.25, 0.3) is 0 Å². The topological polar surface area (TPSA) is 30.0 Å². The lowest BCUT2D eigenvalue weighted by Gasteiger charge is -2.03. The predicted octanol–water partition coefficient (Wildman–Crippen LogP) is 2.62. The number of pyridine rings is 1. The Labute approximate surface area is 76.3 Å². The maximum absolute atomic E-state index is 12.7. The highest BCUT2D eigenvalue weighted by molar-refractivity contribution is 6.31. The zero-order valence-electron chi connectivity index (χ0n) is 6.10. The second-order valence-corrected chi connectivity index (χ2v) is 2.56. The maximum Gasteiger partial charge on any atom is 0.269 e. The number of carbonyl (C=O) groups is 1. The van der Waals surface area contributed by atoms with Gasteiger partial charge in [-0.25, -0.2) is 13.8 Å². The molecule has 0 aliphatic carbocycles. The van der Waals surface area contributed by atoms with Crippen molar-refractivity contribution < 1.29 is 18.0 Å². The van der Waals surface area contributed by atoms with Crippen molar-refractivity contribution in [1.82, 2.24) is 4.98 Å². The van der Waals surface area contributed by atoms with E-state index in [9.17, 15) is 18.0 Å². The van der Waals surface area contributed by atoms with Crippen LogP contribution in [0.2, 0.25) is 5.02 Å². The average molecular weight is 210 g/mol. The van der Waals surface area contributed by atoms with E-state index in [2.05, 4.69) is 4.98 Å². The Balaban J connectivity index is 3.31. The van der Waals surface area contributed by atoms with Crippen LogP contribution >= 0.6 is 11.6 Å². The van der Waals surface area contributed by atoms with E-state index in [0.717, 1.165) is 6.07 Å². The van der Waals surface area contributed by atoms with Crippen molar-refractivity contribution in [3.8, 4) is 0 Å². The molecule has 6 heteroatoms. The highest BCUT2D eigenvalue weighted by Gasteiger charge is 2.19. The van der Waals surface area contributed by atoms with E-state index in [4.69, 9.17) is 11.6 Å². The molecule has 1 rings (SSSR count). The summed E-state index contributed by atoms with van der Waals surface area (Å²) in [6.45, 7) is 0. The number of halogens is 4. The third-order valence-electron chi connectivity index (χ3n) is 1.32. The number of carbonyl (C=O) groups excluding carboxylic acids is 1. The largest absolute Gasteiger partial charge is 0.296 e. The van der Waals surface area contributed by atoms with E-state index in [1.54, 1.807) is 0 Å². The van der Waals surface area contributed by atoms with Gasteiger partial charge in [0.1, 0.15) is 5.69 Å². The molecular weight excluding hydrogens is 207 g/mol. The van der Waals surface area contributed by atoms with E-state index in [1.807, 2.05) is 0 Å². The Morgan fingerprint density at radius 2 is 2.15 bits per heavy atom. The van der Waals surface area contributed by atoms with E-state index < -0.39 is 23.0 Å². The maximum atomic E-state index is 12.7. The van der Waals surface area contributed by atoms with Crippen LogP contribution in [0.5, 0.6) is 0 Å². The number of aromatic nitrogens is 1. The lowest BCUT2D eigenvalue weighted by molar-refractivity contribution is 0.111. The van der Waals surface area contributed by atoms with Crippen LogP contribution in [0.4, 0.5) is 13.2 Å². The minimum Gasteiger partial charge on any atom is -0.296 e. The molecule has 0 fully saturated rings. The minimum atomic E-state index is -3.04. The summed E-state index contributed by atoms with van der Waals surface area (Å²) < 4.78 is 36.9. The van der Waals surface area contributed by atoms with Crippen molar-refractivity contribution in [2.75, 3.05) is 0 Å². The fraction of sp³-hybridized carbons (Fsp3) is 0.143. The summed E-state index contributed by atoms with van der Waals surface area (Å²) >= 11 is 5.29. The van der Waals surface area contributed by atoms with Crippen LogP contribution in [0.15, 0.2) is 6.07 Å². The fourth-order valence-corrected chi connectivity index (χ4v) is 1.04. The first-order valence-electron chi connectivity index (χ1n) is 3.15. The molecule has 0 radical (unpaired) electrons. The lowest BCUT2D eigenvalue weighted by atomic mass is 10.2. The SMILES string of the molecule is O=Cc1cc(Cl)c(C(F)F)c(F)n1. The number of aldehydes is 1. The number of nitrogens with zero attached hydrogens (tertiary/aromatic N) is 1. The van der Waals surface area contributed by atoms with Crippen LogP contribution < -0.4 is 0 Å². The van der Waals surface area contributed by atoms with E-state index >= 15 is 0 Å². The highest BCUT2D eigenvalue weighted by atomic mass is 35.5.